The van der Waals surface area contributed by atoms with Crippen LogP contribution in [0.1, 0.15) is 35.8 Å². The number of aromatic nitrogens is 1. The fraction of sp³-hybridized carbons (Fsp3) is 0.304. The highest BCUT2D eigenvalue weighted by Crippen LogP contribution is 2.25. The number of carbonyl (C=O) groups excluding carboxylic acids is 1. The van der Waals surface area contributed by atoms with E-state index in [0.717, 1.165) is 29.4 Å². The molecule has 6 nitrogen and oxygen atoms in total. The maximum absolute atomic E-state index is 12.9. The summed E-state index contributed by atoms with van der Waals surface area (Å²) in [4.78, 5) is 17.5. The van der Waals surface area contributed by atoms with Crippen molar-refractivity contribution in [1.82, 2.24) is 9.29 Å². The van der Waals surface area contributed by atoms with Crippen LogP contribution in [0.15, 0.2) is 59.5 Å². The molecule has 0 atom stereocenters. The molecule has 1 aliphatic heterocycles. The Labute approximate surface area is 177 Å². The number of hydrogen-bond donors (Lipinski definition) is 1. The van der Waals surface area contributed by atoms with Gasteiger partial charge in [0.15, 0.2) is 0 Å². The lowest BCUT2D eigenvalue weighted by atomic mass is 10.0. The Hall–Kier alpha value is -2.77. The molecule has 0 spiro atoms. The van der Waals surface area contributed by atoms with Gasteiger partial charge in [-0.15, -0.1) is 0 Å². The molecule has 0 radical (unpaired) electrons. The first-order valence-corrected chi connectivity index (χ1v) is 11.6. The molecule has 0 saturated carbocycles. The monoisotopic (exact) mass is 423 g/mol. The quantitative estimate of drug-likeness (QED) is 0.682. The number of rotatable bonds is 4. The van der Waals surface area contributed by atoms with E-state index in [1.165, 1.54) is 16.4 Å². The van der Waals surface area contributed by atoms with Crippen LogP contribution in [-0.4, -0.2) is 36.7 Å². The van der Waals surface area contributed by atoms with E-state index in [1.807, 2.05) is 37.3 Å². The number of para-hydroxylation sites is 1. The number of nitrogens with one attached hydrogen (secondary N) is 1. The van der Waals surface area contributed by atoms with Gasteiger partial charge in [0.2, 0.25) is 10.0 Å². The number of carbonyl (C=O) groups is 1. The van der Waals surface area contributed by atoms with Crippen LogP contribution in [-0.2, 0) is 10.0 Å². The predicted molar refractivity (Wildman–Crippen MR) is 118 cm³/mol. The van der Waals surface area contributed by atoms with Crippen LogP contribution < -0.4 is 5.32 Å². The van der Waals surface area contributed by atoms with Crippen LogP contribution in [0.25, 0.3) is 10.9 Å². The highest BCUT2D eigenvalue weighted by Gasteiger charge is 2.28. The van der Waals surface area contributed by atoms with Crippen molar-refractivity contribution in [3.63, 3.8) is 0 Å². The Kier molecular flexibility index (Phi) is 5.58. The van der Waals surface area contributed by atoms with Gasteiger partial charge >= 0.3 is 0 Å². The second-order valence-corrected chi connectivity index (χ2v) is 9.83. The number of fused-ring (bicyclic) bond motifs is 1. The Morgan fingerprint density at radius 1 is 1.03 bits per heavy atom. The van der Waals surface area contributed by atoms with Crippen molar-refractivity contribution in [2.24, 2.45) is 5.92 Å². The highest BCUT2D eigenvalue weighted by atomic mass is 32.2. The van der Waals surface area contributed by atoms with Gasteiger partial charge in [-0.05, 0) is 62.1 Å². The molecule has 3 aromatic rings. The van der Waals surface area contributed by atoms with Gasteiger partial charge in [0.05, 0.1) is 16.1 Å². The summed E-state index contributed by atoms with van der Waals surface area (Å²) in [5.41, 5.74) is 2.61. The lowest BCUT2D eigenvalue weighted by molar-refractivity contribution is 0.102. The fourth-order valence-electron chi connectivity index (χ4n) is 3.69. The number of nitrogens with zero attached hydrogens (tertiary/aromatic N) is 2. The van der Waals surface area contributed by atoms with Gasteiger partial charge in [0.1, 0.15) is 0 Å². The maximum Gasteiger partial charge on any atom is 0.255 e. The van der Waals surface area contributed by atoms with Crippen LogP contribution in [0.4, 0.5) is 5.69 Å². The number of hydrogen-bond acceptors (Lipinski definition) is 4. The lowest BCUT2D eigenvalue weighted by Gasteiger charge is -2.29. The minimum Gasteiger partial charge on any atom is -0.320 e. The standard InChI is InChI=1S/C23H25N3O3S/c1-16-12-14-26(15-13-16)30(28,29)20-10-8-19(9-11-20)23(27)25-21-5-3-4-18-7-6-17(2)24-22(18)21/h3-11,16H,12-15H2,1-2H3,(H,25,27). The van der Waals surface area contributed by atoms with E-state index in [4.69, 9.17) is 0 Å². The van der Waals surface area contributed by atoms with E-state index < -0.39 is 10.0 Å². The van der Waals surface area contributed by atoms with Gasteiger partial charge in [-0.2, -0.15) is 4.31 Å². The van der Waals surface area contributed by atoms with E-state index in [1.54, 1.807) is 12.1 Å². The van der Waals surface area contributed by atoms with Crippen molar-refractivity contribution in [3.05, 3.63) is 65.9 Å². The van der Waals surface area contributed by atoms with Crippen LogP contribution >= 0.6 is 0 Å². The summed E-state index contributed by atoms with van der Waals surface area (Å²) in [5.74, 6) is 0.247. The first kappa shape index (κ1) is 20.5. The third kappa shape index (κ3) is 4.08. The van der Waals surface area contributed by atoms with E-state index in [9.17, 15) is 13.2 Å². The molecule has 156 valence electrons. The number of piperidine rings is 1. The van der Waals surface area contributed by atoms with Crippen molar-refractivity contribution < 1.29 is 13.2 Å². The van der Waals surface area contributed by atoms with Gasteiger partial charge in [0.25, 0.3) is 5.91 Å². The summed E-state index contributed by atoms with van der Waals surface area (Å²) < 4.78 is 27.3. The Bertz CT molecular complexity index is 1180. The summed E-state index contributed by atoms with van der Waals surface area (Å²) in [7, 11) is -3.53. The number of anilines is 1. The van der Waals surface area contributed by atoms with E-state index in [0.29, 0.717) is 30.3 Å². The second kappa shape index (κ2) is 8.16. The smallest absolute Gasteiger partial charge is 0.255 e. The van der Waals surface area contributed by atoms with Crippen LogP contribution in [0.3, 0.4) is 0 Å². The summed E-state index contributed by atoms with van der Waals surface area (Å²) in [6.45, 7) is 5.13. The zero-order chi connectivity index (χ0) is 21.3. The topological polar surface area (TPSA) is 79.4 Å². The Morgan fingerprint density at radius 3 is 2.43 bits per heavy atom. The molecule has 2 aromatic carbocycles. The minimum absolute atomic E-state index is 0.219. The second-order valence-electron chi connectivity index (χ2n) is 7.90. The minimum atomic E-state index is -3.53. The van der Waals surface area contributed by atoms with Gasteiger partial charge in [-0.25, -0.2) is 8.42 Å². The molecular weight excluding hydrogens is 398 g/mol. The molecule has 7 heteroatoms. The van der Waals surface area contributed by atoms with E-state index in [2.05, 4.69) is 17.2 Å². The summed E-state index contributed by atoms with van der Waals surface area (Å²) in [6, 6.07) is 15.6. The molecule has 1 aromatic heterocycles. The molecule has 1 fully saturated rings. The van der Waals surface area contributed by atoms with Crippen molar-refractivity contribution in [2.75, 3.05) is 18.4 Å². The fourth-order valence-corrected chi connectivity index (χ4v) is 5.16. The molecule has 30 heavy (non-hydrogen) atoms. The normalized spacial score (nSPS) is 15.9. The number of aryl methyl sites for hydroxylation is 1. The Morgan fingerprint density at radius 2 is 1.73 bits per heavy atom. The van der Waals surface area contributed by atoms with Gasteiger partial charge in [0, 0.05) is 29.7 Å². The number of benzene rings is 2. The van der Waals surface area contributed by atoms with Gasteiger partial charge in [-0.1, -0.05) is 25.1 Å². The van der Waals surface area contributed by atoms with Gasteiger partial charge < -0.3 is 5.32 Å². The Balaban J connectivity index is 1.53. The summed E-state index contributed by atoms with van der Waals surface area (Å²) in [5, 5.41) is 3.83. The van der Waals surface area contributed by atoms with Gasteiger partial charge in [-0.3, -0.25) is 9.78 Å². The molecule has 1 saturated heterocycles. The molecule has 0 aliphatic carbocycles. The maximum atomic E-state index is 12.9. The third-order valence-corrected chi connectivity index (χ3v) is 7.52. The van der Waals surface area contributed by atoms with Crippen molar-refractivity contribution in [1.29, 1.82) is 0 Å². The first-order valence-electron chi connectivity index (χ1n) is 10.1. The molecule has 0 unspecified atom stereocenters. The molecule has 1 aliphatic rings. The molecule has 1 amide bonds. The lowest BCUT2D eigenvalue weighted by Crippen LogP contribution is -2.37. The molecular formula is C23H25N3O3S. The molecule has 0 bridgehead atoms. The van der Waals surface area contributed by atoms with E-state index in [-0.39, 0.29) is 10.8 Å². The molecule has 4 rings (SSSR count). The SMILES string of the molecule is Cc1ccc2cccc(NC(=O)c3ccc(S(=O)(=O)N4CCC(C)CC4)cc3)c2n1. The summed E-state index contributed by atoms with van der Waals surface area (Å²) in [6.07, 6.45) is 1.75. The van der Waals surface area contributed by atoms with Crippen LogP contribution in [0.2, 0.25) is 0 Å². The van der Waals surface area contributed by atoms with E-state index >= 15 is 0 Å². The average Bonchev–Trinajstić information content (AvgIpc) is 2.74. The zero-order valence-electron chi connectivity index (χ0n) is 17.1. The van der Waals surface area contributed by atoms with Crippen LogP contribution in [0, 0.1) is 12.8 Å². The number of sulfonamides is 1. The van der Waals surface area contributed by atoms with Crippen molar-refractivity contribution >= 4 is 32.5 Å². The number of pyridine rings is 1. The van der Waals surface area contributed by atoms with Crippen LogP contribution in [0.5, 0.6) is 0 Å². The van der Waals surface area contributed by atoms with Crippen molar-refractivity contribution in [2.45, 2.75) is 31.6 Å². The number of amides is 1. The average molecular weight is 424 g/mol. The first-order chi connectivity index (χ1) is 14.3. The zero-order valence-corrected chi connectivity index (χ0v) is 17.9. The highest BCUT2D eigenvalue weighted by molar-refractivity contribution is 7.89. The third-order valence-electron chi connectivity index (χ3n) is 5.60. The van der Waals surface area contributed by atoms with Crippen molar-refractivity contribution in [3.8, 4) is 0 Å². The summed E-state index contributed by atoms with van der Waals surface area (Å²) >= 11 is 0. The predicted octanol–water partition coefficient (Wildman–Crippen LogP) is 4.22. The molecule has 2 heterocycles. The largest absolute Gasteiger partial charge is 0.320 e. The molecule has 1 N–H and O–H groups in total.